The van der Waals surface area contributed by atoms with Gasteiger partial charge in [0.2, 0.25) is 0 Å². The molecule has 1 aromatic carbocycles. The van der Waals surface area contributed by atoms with Gasteiger partial charge < -0.3 is 25.0 Å². The van der Waals surface area contributed by atoms with Crippen molar-refractivity contribution in [2.45, 2.75) is 65.0 Å². The van der Waals surface area contributed by atoms with Gasteiger partial charge in [0.1, 0.15) is 5.75 Å². The van der Waals surface area contributed by atoms with Crippen molar-refractivity contribution in [1.29, 1.82) is 0 Å². The van der Waals surface area contributed by atoms with Gasteiger partial charge in [-0.1, -0.05) is 18.6 Å². The number of benzene rings is 1. The number of piperidine rings is 1. The lowest BCUT2D eigenvalue weighted by molar-refractivity contribution is 0.158. The van der Waals surface area contributed by atoms with Crippen LogP contribution >= 0.6 is 24.0 Å². The standard InChI is InChI=1S/C24H42N4O2.HI/c1-20-11-12-22(23(18-20)30-17-9-16-29-4)19-27-24(25-3)26-13-6-8-15-28-14-7-5-10-21(28)2;/h11-12,18,21H,5-10,13-17,19H2,1-4H3,(H2,25,26,27);1H. The first-order valence-electron chi connectivity index (χ1n) is 11.5. The van der Waals surface area contributed by atoms with Gasteiger partial charge in [0, 0.05) is 51.9 Å². The minimum absolute atomic E-state index is 0. The van der Waals surface area contributed by atoms with Gasteiger partial charge in [-0.25, -0.2) is 0 Å². The number of methoxy groups -OCH3 is 1. The number of guanidine groups is 1. The van der Waals surface area contributed by atoms with Crippen molar-refractivity contribution in [2.24, 2.45) is 4.99 Å². The van der Waals surface area contributed by atoms with E-state index in [4.69, 9.17) is 9.47 Å². The van der Waals surface area contributed by atoms with E-state index < -0.39 is 0 Å². The number of nitrogens with zero attached hydrogens (tertiary/aromatic N) is 2. The van der Waals surface area contributed by atoms with Crippen LogP contribution in [0.1, 0.15) is 56.6 Å². The zero-order valence-corrected chi connectivity index (χ0v) is 22.2. The molecule has 1 fully saturated rings. The fourth-order valence-electron chi connectivity index (χ4n) is 3.86. The molecule has 1 aliphatic heterocycles. The second-order valence-corrected chi connectivity index (χ2v) is 8.25. The average Bonchev–Trinajstić information content (AvgIpc) is 2.75. The quantitative estimate of drug-likeness (QED) is 0.177. The SMILES string of the molecule is CN=C(NCCCCN1CCCCC1C)NCc1ccc(C)cc1OCCCOC.I. The van der Waals surface area contributed by atoms with E-state index in [0.717, 1.165) is 42.7 Å². The third kappa shape index (κ3) is 10.9. The van der Waals surface area contributed by atoms with Gasteiger partial charge in [-0.3, -0.25) is 4.99 Å². The molecule has 1 heterocycles. The molecular formula is C24H43IN4O2. The number of aliphatic imine (C=N–C) groups is 1. The van der Waals surface area contributed by atoms with Crippen molar-refractivity contribution in [3.05, 3.63) is 29.3 Å². The Kier molecular flexibility index (Phi) is 14.9. The highest BCUT2D eigenvalue weighted by Gasteiger charge is 2.17. The summed E-state index contributed by atoms with van der Waals surface area (Å²) in [6.45, 7) is 9.93. The predicted molar refractivity (Wildman–Crippen MR) is 141 cm³/mol. The second-order valence-electron chi connectivity index (χ2n) is 8.25. The molecule has 2 rings (SSSR count). The molecule has 0 spiro atoms. The van der Waals surface area contributed by atoms with Gasteiger partial charge in [0.15, 0.2) is 5.96 Å². The normalized spacial score (nSPS) is 17.2. The van der Waals surface area contributed by atoms with Crippen LogP contribution in [0.2, 0.25) is 0 Å². The summed E-state index contributed by atoms with van der Waals surface area (Å²) in [5, 5.41) is 6.86. The fraction of sp³-hybridized carbons (Fsp3) is 0.708. The molecule has 1 unspecified atom stereocenters. The van der Waals surface area contributed by atoms with Crippen LogP contribution in [0.5, 0.6) is 5.75 Å². The van der Waals surface area contributed by atoms with E-state index >= 15 is 0 Å². The first-order chi connectivity index (χ1) is 14.6. The van der Waals surface area contributed by atoms with Crippen LogP contribution in [0.15, 0.2) is 23.2 Å². The summed E-state index contributed by atoms with van der Waals surface area (Å²) in [5.74, 6) is 1.77. The van der Waals surface area contributed by atoms with E-state index in [0.29, 0.717) is 19.8 Å². The number of hydrogen-bond acceptors (Lipinski definition) is 4. The van der Waals surface area contributed by atoms with Crippen molar-refractivity contribution < 1.29 is 9.47 Å². The predicted octanol–water partition coefficient (Wildman–Crippen LogP) is 4.35. The maximum absolute atomic E-state index is 5.98. The number of ether oxygens (including phenoxy) is 2. The summed E-state index contributed by atoms with van der Waals surface area (Å²) in [6, 6.07) is 7.10. The Hall–Kier alpha value is -1.06. The highest BCUT2D eigenvalue weighted by atomic mass is 127. The molecule has 1 atom stereocenters. The Labute approximate surface area is 206 Å². The molecule has 0 amide bonds. The smallest absolute Gasteiger partial charge is 0.191 e. The number of rotatable bonds is 12. The van der Waals surface area contributed by atoms with Crippen LogP contribution in [-0.2, 0) is 11.3 Å². The van der Waals surface area contributed by atoms with E-state index in [1.807, 2.05) is 7.05 Å². The van der Waals surface area contributed by atoms with Gasteiger partial charge >= 0.3 is 0 Å². The Morgan fingerprint density at radius 2 is 2.00 bits per heavy atom. The number of hydrogen-bond donors (Lipinski definition) is 2. The topological polar surface area (TPSA) is 58.1 Å². The lowest BCUT2D eigenvalue weighted by Gasteiger charge is -2.33. The van der Waals surface area contributed by atoms with Crippen LogP contribution in [0.4, 0.5) is 0 Å². The van der Waals surface area contributed by atoms with Crippen molar-refractivity contribution >= 4 is 29.9 Å². The average molecular weight is 547 g/mol. The molecule has 0 radical (unpaired) electrons. The van der Waals surface area contributed by atoms with Crippen molar-refractivity contribution in [2.75, 3.05) is 47.0 Å². The minimum Gasteiger partial charge on any atom is -0.493 e. The Bertz CT molecular complexity index is 642. The van der Waals surface area contributed by atoms with Crippen LogP contribution in [0.3, 0.4) is 0 Å². The second kappa shape index (κ2) is 16.6. The number of unbranched alkanes of at least 4 members (excludes halogenated alkanes) is 1. The molecule has 1 saturated heterocycles. The molecule has 31 heavy (non-hydrogen) atoms. The number of likely N-dealkylation sites (tertiary alicyclic amines) is 1. The summed E-state index contributed by atoms with van der Waals surface area (Å²) in [5.41, 5.74) is 2.34. The van der Waals surface area contributed by atoms with Gasteiger partial charge in [-0.15, -0.1) is 24.0 Å². The molecule has 1 aromatic rings. The van der Waals surface area contributed by atoms with Gasteiger partial charge in [-0.05, 0) is 64.3 Å². The van der Waals surface area contributed by atoms with Crippen LogP contribution in [0.25, 0.3) is 0 Å². The first kappa shape index (κ1) is 28.0. The highest BCUT2D eigenvalue weighted by Crippen LogP contribution is 2.20. The molecule has 0 aliphatic carbocycles. The highest BCUT2D eigenvalue weighted by molar-refractivity contribution is 14.0. The van der Waals surface area contributed by atoms with Gasteiger partial charge in [0.25, 0.3) is 0 Å². The maximum Gasteiger partial charge on any atom is 0.191 e. The fourth-order valence-corrected chi connectivity index (χ4v) is 3.86. The summed E-state index contributed by atoms with van der Waals surface area (Å²) < 4.78 is 11.1. The first-order valence-corrected chi connectivity index (χ1v) is 11.5. The van der Waals surface area contributed by atoms with E-state index in [9.17, 15) is 0 Å². The lowest BCUT2D eigenvalue weighted by atomic mass is 10.0. The zero-order valence-electron chi connectivity index (χ0n) is 19.9. The van der Waals surface area contributed by atoms with Crippen LogP contribution in [0, 0.1) is 6.92 Å². The Balaban J connectivity index is 0.00000480. The largest absolute Gasteiger partial charge is 0.493 e. The summed E-state index contributed by atoms with van der Waals surface area (Å²) in [7, 11) is 3.54. The Morgan fingerprint density at radius 1 is 1.16 bits per heavy atom. The monoisotopic (exact) mass is 546 g/mol. The minimum atomic E-state index is 0. The molecular weight excluding hydrogens is 503 g/mol. The molecule has 0 saturated carbocycles. The van der Waals surface area contributed by atoms with E-state index in [1.54, 1.807) is 7.11 Å². The molecule has 7 heteroatoms. The van der Waals surface area contributed by atoms with E-state index in [-0.39, 0.29) is 24.0 Å². The van der Waals surface area contributed by atoms with Gasteiger partial charge in [0.05, 0.1) is 6.61 Å². The van der Waals surface area contributed by atoms with Crippen LogP contribution < -0.4 is 15.4 Å². The summed E-state index contributed by atoms with van der Waals surface area (Å²) >= 11 is 0. The molecule has 6 nitrogen and oxygen atoms in total. The zero-order chi connectivity index (χ0) is 21.6. The third-order valence-electron chi connectivity index (χ3n) is 5.75. The lowest BCUT2D eigenvalue weighted by Crippen LogP contribution is -2.39. The van der Waals surface area contributed by atoms with Gasteiger partial charge in [-0.2, -0.15) is 0 Å². The van der Waals surface area contributed by atoms with Crippen molar-refractivity contribution in [3.63, 3.8) is 0 Å². The summed E-state index contributed by atoms with van der Waals surface area (Å²) in [4.78, 5) is 7.00. The Morgan fingerprint density at radius 3 is 2.74 bits per heavy atom. The van der Waals surface area contributed by atoms with Crippen molar-refractivity contribution in [3.8, 4) is 5.75 Å². The number of halogens is 1. The van der Waals surface area contributed by atoms with E-state index in [2.05, 4.69) is 52.6 Å². The summed E-state index contributed by atoms with van der Waals surface area (Å²) in [6.07, 6.45) is 7.37. The van der Waals surface area contributed by atoms with Crippen LogP contribution in [-0.4, -0.2) is 63.9 Å². The molecule has 2 N–H and O–H groups in total. The molecule has 0 aromatic heterocycles. The van der Waals surface area contributed by atoms with Crippen molar-refractivity contribution in [1.82, 2.24) is 15.5 Å². The van der Waals surface area contributed by atoms with E-state index in [1.165, 1.54) is 44.3 Å². The number of nitrogens with one attached hydrogen (secondary N) is 2. The maximum atomic E-state index is 5.98. The molecule has 1 aliphatic rings. The molecule has 0 bridgehead atoms. The third-order valence-corrected chi connectivity index (χ3v) is 5.75. The molecule has 178 valence electrons. The number of aryl methyl sites for hydroxylation is 1.